The van der Waals surface area contributed by atoms with E-state index < -0.39 is 0 Å². The molecule has 2 aliphatic heterocycles. The lowest BCUT2D eigenvalue weighted by atomic mass is 10.1. The molecular formula is C21H28N4O. The number of hydrogen-bond donors (Lipinski definition) is 0. The highest BCUT2D eigenvalue weighted by Gasteiger charge is 2.29. The smallest absolute Gasteiger partial charge is 0.254 e. The van der Waals surface area contributed by atoms with Crippen molar-refractivity contribution in [2.45, 2.75) is 51.2 Å². The van der Waals surface area contributed by atoms with Crippen LogP contribution in [0.15, 0.2) is 42.7 Å². The van der Waals surface area contributed by atoms with Crippen molar-refractivity contribution in [3.05, 3.63) is 53.9 Å². The quantitative estimate of drug-likeness (QED) is 0.830. The zero-order valence-electron chi connectivity index (χ0n) is 15.4. The summed E-state index contributed by atoms with van der Waals surface area (Å²) in [5.74, 6) is 0.157. The summed E-state index contributed by atoms with van der Waals surface area (Å²) < 4.78 is 1.93. The number of likely N-dealkylation sites (tertiary alicyclic amines) is 2. The van der Waals surface area contributed by atoms with Gasteiger partial charge >= 0.3 is 0 Å². The van der Waals surface area contributed by atoms with Gasteiger partial charge in [0.15, 0.2) is 0 Å². The second-order valence-electron chi connectivity index (χ2n) is 7.56. The van der Waals surface area contributed by atoms with Crippen LogP contribution in [-0.4, -0.2) is 51.2 Å². The van der Waals surface area contributed by atoms with Gasteiger partial charge in [0.05, 0.1) is 12.6 Å². The highest BCUT2D eigenvalue weighted by Crippen LogP contribution is 2.22. The number of nitrogens with zero attached hydrogens (tertiary/aromatic N) is 4. The van der Waals surface area contributed by atoms with E-state index >= 15 is 0 Å². The molecule has 138 valence electrons. The van der Waals surface area contributed by atoms with E-state index in [1.807, 2.05) is 34.0 Å². The number of benzene rings is 1. The summed E-state index contributed by atoms with van der Waals surface area (Å²) in [6.07, 6.45) is 9.87. The van der Waals surface area contributed by atoms with Gasteiger partial charge in [-0.15, -0.1) is 0 Å². The van der Waals surface area contributed by atoms with Crippen molar-refractivity contribution >= 4 is 5.91 Å². The van der Waals surface area contributed by atoms with E-state index in [0.29, 0.717) is 0 Å². The Morgan fingerprint density at radius 1 is 1.04 bits per heavy atom. The minimum Gasteiger partial charge on any atom is -0.334 e. The first kappa shape index (κ1) is 17.3. The van der Waals surface area contributed by atoms with E-state index in [4.69, 9.17) is 0 Å². The first-order valence-electron chi connectivity index (χ1n) is 9.89. The Morgan fingerprint density at radius 3 is 2.58 bits per heavy atom. The molecule has 2 saturated heterocycles. The summed E-state index contributed by atoms with van der Waals surface area (Å²) in [7, 11) is 0. The summed E-state index contributed by atoms with van der Waals surface area (Å²) >= 11 is 0. The number of carbonyl (C=O) groups excluding carboxylic acids is 1. The molecule has 0 bridgehead atoms. The fraction of sp³-hybridized carbons (Fsp3) is 0.524. The molecule has 0 radical (unpaired) electrons. The minimum absolute atomic E-state index is 0.157. The van der Waals surface area contributed by atoms with Crippen molar-refractivity contribution in [2.24, 2.45) is 0 Å². The van der Waals surface area contributed by atoms with E-state index in [9.17, 15) is 4.79 Å². The third kappa shape index (κ3) is 3.98. The van der Waals surface area contributed by atoms with Gasteiger partial charge < -0.3 is 4.90 Å². The molecule has 3 heterocycles. The Hall–Kier alpha value is -2.14. The molecule has 0 saturated carbocycles. The number of rotatable bonds is 5. The first-order chi connectivity index (χ1) is 12.8. The van der Waals surface area contributed by atoms with E-state index in [2.05, 4.69) is 22.1 Å². The number of hydrogen-bond acceptors (Lipinski definition) is 3. The maximum Gasteiger partial charge on any atom is 0.254 e. The van der Waals surface area contributed by atoms with Crippen LogP contribution in [0.2, 0.25) is 0 Å². The van der Waals surface area contributed by atoms with Crippen molar-refractivity contribution in [3.63, 3.8) is 0 Å². The van der Waals surface area contributed by atoms with Crippen molar-refractivity contribution in [2.75, 3.05) is 19.6 Å². The van der Waals surface area contributed by atoms with Gasteiger partial charge in [0.2, 0.25) is 0 Å². The maximum absolute atomic E-state index is 13.0. The lowest BCUT2D eigenvalue weighted by Crippen LogP contribution is -2.38. The summed E-state index contributed by atoms with van der Waals surface area (Å²) in [5.41, 5.74) is 2.11. The molecule has 4 rings (SSSR count). The molecule has 2 aromatic rings. The average Bonchev–Trinajstić information content (AvgIpc) is 3.35. The van der Waals surface area contributed by atoms with Crippen LogP contribution in [0.1, 0.15) is 48.0 Å². The number of aromatic nitrogens is 2. The topological polar surface area (TPSA) is 41.4 Å². The van der Waals surface area contributed by atoms with Crippen molar-refractivity contribution in [1.29, 1.82) is 0 Å². The van der Waals surface area contributed by atoms with Crippen LogP contribution in [-0.2, 0) is 13.1 Å². The van der Waals surface area contributed by atoms with Crippen molar-refractivity contribution < 1.29 is 4.79 Å². The molecule has 26 heavy (non-hydrogen) atoms. The van der Waals surface area contributed by atoms with E-state index in [0.717, 1.165) is 38.0 Å². The Balaban J connectivity index is 1.39. The molecular weight excluding hydrogens is 324 g/mol. The lowest BCUT2D eigenvalue weighted by molar-refractivity contribution is 0.0721. The van der Waals surface area contributed by atoms with Gasteiger partial charge in [-0.25, -0.2) is 0 Å². The summed E-state index contributed by atoms with van der Waals surface area (Å²) in [6, 6.07) is 10.4. The highest BCUT2D eigenvalue weighted by atomic mass is 16.2. The van der Waals surface area contributed by atoms with Crippen LogP contribution in [0.5, 0.6) is 0 Å². The van der Waals surface area contributed by atoms with Gasteiger partial charge in [0, 0.05) is 31.0 Å². The first-order valence-corrected chi connectivity index (χ1v) is 9.89. The molecule has 0 unspecified atom stereocenters. The maximum atomic E-state index is 13.0. The predicted octanol–water partition coefficient (Wildman–Crippen LogP) is 3.17. The fourth-order valence-corrected chi connectivity index (χ4v) is 4.21. The van der Waals surface area contributed by atoms with Gasteiger partial charge in [-0.05, 0) is 62.5 Å². The van der Waals surface area contributed by atoms with Crippen LogP contribution in [0.3, 0.4) is 0 Å². The summed E-state index contributed by atoms with van der Waals surface area (Å²) in [5, 5.41) is 4.29. The summed E-state index contributed by atoms with van der Waals surface area (Å²) in [6.45, 7) is 5.03. The van der Waals surface area contributed by atoms with Crippen molar-refractivity contribution in [1.82, 2.24) is 19.6 Å². The zero-order chi connectivity index (χ0) is 17.8. The summed E-state index contributed by atoms with van der Waals surface area (Å²) in [4.78, 5) is 17.5. The van der Waals surface area contributed by atoms with E-state index in [1.54, 1.807) is 6.20 Å². The molecule has 5 nitrogen and oxygen atoms in total. The average molecular weight is 352 g/mol. The van der Waals surface area contributed by atoms with E-state index in [-0.39, 0.29) is 11.9 Å². The Labute approximate surface area is 155 Å². The third-order valence-corrected chi connectivity index (χ3v) is 5.65. The number of carbonyl (C=O) groups is 1. The SMILES string of the molecule is O=C(c1ccc(CN2CCCCC2)cc1)N1CCC[C@@H]1Cn1cccn1. The normalized spacial score (nSPS) is 21.2. The Kier molecular flexibility index (Phi) is 5.34. The molecule has 5 heteroatoms. The Bertz CT molecular complexity index is 704. The zero-order valence-corrected chi connectivity index (χ0v) is 15.4. The molecule has 0 N–H and O–H groups in total. The van der Waals surface area contributed by atoms with Gasteiger partial charge in [-0.2, -0.15) is 5.10 Å². The minimum atomic E-state index is 0.157. The molecule has 1 atom stereocenters. The monoisotopic (exact) mass is 352 g/mol. The standard InChI is InChI=1S/C21H28N4O/c26-21(25-15-4-6-20(25)17-24-14-5-11-22-24)19-9-7-18(8-10-19)16-23-12-2-1-3-13-23/h5,7-11,14,20H,1-4,6,12-13,15-17H2/t20-/m1/s1. The van der Waals surface area contributed by atoms with Crippen LogP contribution < -0.4 is 0 Å². The molecule has 1 aromatic carbocycles. The van der Waals surface area contributed by atoms with Crippen molar-refractivity contribution in [3.8, 4) is 0 Å². The van der Waals surface area contributed by atoms with Gasteiger partial charge in [0.25, 0.3) is 5.91 Å². The molecule has 0 spiro atoms. The highest BCUT2D eigenvalue weighted by molar-refractivity contribution is 5.94. The fourth-order valence-electron chi connectivity index (χ4n) is 4.21. The van der Waals surface area contributed by atoms with E-state index in [1.165, 1.54) is 37.9 Å². The Morgan fingerprint density at radius 2 is 1.85 bits per heavy atom. The largest absolute Gasteiger partial charge is 0.334 e. The predicted molar refractivity (Wildman–Crippen MR) is 102 cm³/mol. The van der Waals surface area contributed by atoms with Crippen LogP contribution >= 0.6 is 0 Å². The lowest BCUT2D eigenvalue weighted by Gasteiger charge is -2.27. The van der Waals surface area contributed by atoms with Gasteiger partial charge in [-0.1, -0.05) is 18.6 Å². The third-order valence-electron chi connectivity index (χ3n) is 5.65. The van der Waals surface area contributed by atoms with Crippen LogP contribution in [0.4, 0.5) is 0 Å². The molecule has 1 amide bonds. The van der Waals surface area contributed by atoms with Gasteiger partial charge in [0.1, 0.15) is 0 Å². The second kappa shape index (κ2) is 8.04. The number of piperidine rings is 1. The molecule has 0 aliphatic carbocycles. The van der Waals surface area contributed by atoms with Crippen LogP contribution in [0, 0.1) is 0 Å². The van der Waals surface area contributed by atoms with Gasteiger partial charge in [-0.3, -0.25) is 14.4 Å². The number of amides is 1. The second-order valence-corrected chi connectivity index (χ2v) is 7.56. The van der Waals surface area contributed by atoms with Crippen LogP contribution in [0.25, 0.3) is 0 Å². The molecule has 2 aliphatic rings. The molecule has 2 fully saturated rings. The molecule has 1 aromatic heterocycles.